The minimum absolute atomic E-state index is 0.756. The molecule has 1 aliphatic heterocycles. The topological polar surface area (TPSA) is 44.3 Å². The predicted molar refractivity (Wildman–Crippen MR) is 84.5 cm³/mol. The van der Waals surface area contributed by atoms with Gasteiger partial charge in [0.1, 0.15) is 5.82 Å². The van der Waals surface area contributed by atoms with Crippen LogP contribution in [0.15, 0.2) is 6.07 Å². The second-order valence-corrected chi connectivity index (χ2v) is 5.82. The fourth-order valence-corrected chi connectivity index (χ4v) is 2.48. The molecule has 0 aliphatic carbocycles. The first kappa shape index (κ1) is 15.0. The van der Waals surface area contributed by atoms with Crippen LogP contribution >= 0.6 is 0 Å². The van der Waals surface area contributed by atoms with Crippen LogP contribution in [-0.4, -0.2) is 55.1 Å². The average Bonchev–Trinajstić information content (AvgIpc) is 2.66. The minimum Gasteiger partial charge on any atom is -0.356 e. The van der Waals surface area contributed by atoms with Crippen LogP contribution in [0, 0.1) is 6.92 Å². The van der Waals surface area contributed by atoms with Crippen molar-refractivity contribution in [3.05, 3.63) is 11.8 Å². The van der Waals surface area contributed by atoms with E-state index in [2.05, 4.69) is 45.2 Å². The average molecular weight is 277 g/mol. The van der Waals surface area contributed by atoms with Crippen LogP contribution < -0.4 is 10.2 Å². The highest BCUT2D eigenvalue weighted by Crippen LogP contribution is 2.19. The van der Waals surface area contributed by atoms with Gasteiger partial charge in [-0.25, -0.2) is 4.98 Å². The Hall–Kier alpha value is -1.36. The molecule has 0 amide bonds. The molecule has 1 saturated heterocycles. The molecule has 1 aromatic heterocycles. The van der Waals surface area contributed by atoms with E-state index in [0.717, 1.165) is 43.6 Å². The molecule has 20 heavy (non-hydrogen) atoms. The second kappa shape index (κ2) is 7.43. The number of rotatable bonds is 5. The standard InChI is InChI=1S/C15H27N5/c1-13-12-14(20-9-6-4-5-7-10-20)18-15(17-13)16-8-11-19(2)3/h12H,4-11H2,1-3H3,(H,16,17,18). The summed E-state index contributed by atoms with van der Waals surface area (Å²) in [5.74, 6) is 1.83. The van der Waals surface area contributed by atoms with E-state index in [1.54, 1.807) is 0 Å². The van der Waals surface area contributed by atoms with E-state index >= 15 is 0 Å². The first-order chi connectivity index (χ1) is 9.65. The van der Waals surface area contributed by atoms with Crippen molar-refractivity contribution in [2.75, 3.05) is 50.5 Å². The Kier molecular flexibility index (Phi) is 5.59. The predicted octanol–water partition coefficient (Wildman–Crippen LogP) is 2.14. The summed E-state index contributed by atoms with van der Waals surface area (Å²) in [5.41, 5.74) is 1.03. The SMILES string of the molecule is Cc1cc(N2CCCCCC2)nc(NCCN(C)C)n1. The minimum atomic E-state index is 0.756. The maximum atomic E-state index is 4.68. The molecule has 5 heteroatoms. The molecular formula is C15H27N5. The monoisotopic (exact) mass is 277 g/mol. The van der Waals surface area contributed by atoms with Gasteiger partial charge in [0, 0.05) is 37.9 Å². The number of aromatic nitrogens is 2. The third-order valence-electron chi connectivity index (χ3n) is 3.61. The normalized spacial score (nSPS) is 16.3. The number of aryl methyl sites for hydroxylation is 1. The van der Waals surface area contributed by atoms with E-state index in [9.17, 15) is 0 Å². The number of likely N-dealkylation sites (N-methyl/N-ethyl adjacent to an activating group) is 1. The van der Waals surface area contributed by atoms with E-state index < -0.39 is 0 Å². The smallest absolute Gasteiger partial charge is 0.224 e. The lowest BCUT2D eigenvalue weighted by Gasteiger charge is -2.22. The molecule has 0 radical (unpaired) electrons. The van der Waals surface area contributed by atoms with E-state index in [1.165, 1.54) is 25.7 Å². The molecule has 0 atom stereocenters. The largest absolute Gasteiger partial charge is 0.356 e. The summed E-state index contributed by atoms with van der Waals surface area (Å²) in [5, 5.41) is 3.32. The highest BCUT2D eigenvalue weighted by atomic mass is 15.2. The van der Waals surface area contributed by atoms with Gasteiger partial charge in [-0.1, -0.05) is 12.8 Å². The van der Waals surface area contributed by atoms with Crippen molar-refractivity contribution in [2.24, 2.45) is 0 Å². The van der Waals surface area contributed by atoms with Crippen LogP contribution in [0.3, 0.4) is 0 Å². The van der Waals surface area contributed by atoms with Gasteiger partial charge >= 0.3 is 0 Å². The Labute approximate surface area is 122 Å². The Morgan fingerprint density at radius 2 is 1.85 bits per heavy atom. The molecule has 0 saturated carbocycles. The first-order valence-corrected chi connectivity index (χ1v) is 7.64. The number of nitrogens with zero attached hydrogens (tertiary/aromatic N) is 4. The van der Waals surface area contributed by atoms with Gasteiger partial charge in [0.2, 0.25) is 5.95 Å². The molecule has 0 unspecified atom stereocenters. The summed E-state index contributed by atoms with van der Waals surface area (Å²) in [7, 11) is 4.14. The highest BCUT2D eigenvalue weighted by molar-refractivity contribution is 5.44. The third-order valence-corrected chi connectivity index (χ3v) is 3.61. The van der Waals surface area contributed by atoms with Crippen molar-refractivity contribution in [1.29, 1.82) is 0 Å². The molecule has 1 N–H and O–H groups in total. The van der Waals surface area contributed by atoms with Gasteiger partial charge in [0.25, 0.3) is 0 Å². The zero-order chi connectivity index (χ0) is 14.4. The number of anilines is 2. The molecule has 0 spiro atoms. The lowest BCUT2D eigenvalue weighted by molar-refractivity contribution is 0.425. The highest BCUT2D eigenvalue weighted by Gasteiger charge is 2.12. The third kappa shape index (κ3) is 4.63. The van der Waals surface area contributed by atoms with Crippen molar-refractivity contribution >= 4 is 11.8 Å². The fraction of sp³-hybridized carbons (Fsp3) is 0.733. The molecule has 1 fully saturated rings. The Balaban J connectivity index is 2.03. The van der Waals surface area contributed by atoms with Crippen LogP contribution in [-0.2, 0) is 0 Å². The van der Waals surface area contributed by atoms with Crippen LogP contribution in [0.4, 0.5) is 11.8 Å². The molecule has 1 aromatic rings. The van der Waals surface area contributed by atoms with Gasteiger partial charge in [-0.3, -0.25) is 0 Å². The van der Waals surface area contributed by atoms with Crippen molar-refractivity contribution in [2.45, 2.75) is 32.6 Å². The molecular weight excluding hydrogens is 250 g/mol. The molecule has 0 bridgehead atoms. The van der Waals surface area contributed by atoms with Gasteiger partial charge < -0.3 is 15.1 Å². The van der Waals surface area contributed by atoms with E-state index in [0.29, 0.717) is 0 Å². The second-order valence-electron chi connectivity index (χ2n) is 5.82. The zero-order valence-corrected chi connectivity index (χ0v) is 13.0. The van der Waals surface area contributed by atoms with Crippen LogP contribution in [0.2, 0.25) is 0 Å². The molecule has 112 valence electrons. The Morgan fingerprint density at radius 1 is 1.15 bits per heavy atom. The molecule has 2 rings (SSSR count). The van der Waals surface area contributed by atoms with Crippen molar-refractivity contribution in [3.63, 3.8) is 0 Å². The maximum absolute atomic E-state index is 4.68. The summed E-state index contributed by atoms with van der Waals surface area (Å²) < 4.78 is 0. The lowest BCUT2D eigenvalue weighted by atomic mass is 10.2. The number of hydrogen-bond acceptors (Lipinski definition) is 5. The molecule has 0 aromatic carbocycles. The Morgan fingerprint density at radius 3 is 2.50 bits per heavy atom. The molecule has 2 heterocycles. The molecule has 1 aliphatic rings. The summed E-state index contributed by atoms with van der Waals surface area (Å²) in [4.78, 5) is 13.7. The zero-order valence-electron chi connectivity index (χ0n) is 13.0. The van der Waals surface area contributed by atoms with E-state index in [-0.39, 0.29) is 0 Å². The van der Waals surface area contributed by atoms with Crippen LogP contribution in [0.1, 0.15) is 31.4 Å². The number of hydrogen-bond donors (Lipinski definition) is 1. The van der Waals surface area contributed by atoms with Gasteiger partial charge in [0.05, 0.1) is 0 Å². The van der Waals surface area contributed by atoms with Gasteiger partial charge in [-0.05, 0) is 33.9 Å². The van der Waals surface area contributed by atoms with E-state index in [1.807, 2.05) is 6.92 Å². The van der Waals surface area contributed by atoms with E-state index in [4.69, 9.17) is 0 Å². The summed E-state index contributed by atoms with van der Waals surface area (Å²) >= 11 is 0. The summed E-state index contributed by atoms with van der Waals surface area (Å²) in [6.45, 7) is 6.13. The quantitative estimate of drug-likeness (QED) is 0.893. The lowest BCUT2D eigenvalue weighted by Crippen LogP contribution is -2.26. The molecule has 5 nitrogen and oxygen atoms in total. The summed E-state index contributed by atoms with van der Waals surface area (Å²) in [6, 6.07) is 2.10. The summed E-state index contributed by atoms with van der Waals surface area (Å²) in [6.07, 6.45) is 5.22. The van der Waals surface area contributed by atoms with Gasteiger partial charge in [-0.2, -0.15) is 4.98 Å². The Bertz CT molecular complexity index is 411. The number of nitrogens with one attached hydrogen (secondary N) is 1. The van der Waals surface area contributed by atoms with Gasteiger partial charge in [-0.15, -0.1) is 0 Å². The van der Waals surface area contributed by atoms with Crippen LogP contribution in [0.5, 0.6) is 0 Å². The first-order valence-electron chi connectivity index (χ1n) is 7.64. The van der Waals surface area contributed by atoms with Crippen molar-refractivity contribution < 1.29 is 0 Å². The van der Waals surface area contributed by atoms with Crippen LogP contribution in [0.25, 0.3) is 0 Å². The van der Waals surface area contributed by atoms with Gasteiger partial charge in [0.15, 0.2) is 0 Å². The fourth-order valence-electron chi connectivity index (χ4n) is 2.48. The van der Waals surface area contributed by atoms with Crippen molar-refractivity contribution in [1.82, 2.24) is 14.9 Å². The maximum Gasteiger partial charge on any atom is 0.224 e. The van der Waals surface area contributed by atoms with Crippen molar-refractivity contribution in [3.8, 4) is 0 Å².